The summed E-state index contributed by atoms with van der Waals surface area (Å²) in [5.41, 5.74) is 1.48. The van der Waals surface area contributed by atoms with Crippen molar-refractivity contribution in [2.24, 2.45) is 5.92 Å². The van der Waals surface area contributed by atoms with Crippen LogP contribution in [0.5, 0.6) is 0 Å². The first kappa shape index (κ1) is 18.7. The lowest BCUT2D eigenvalue weighted by molar-refractivity contribution is -0.137. The van der Waals surface area contributed by atoms with Crippen molar-refractivity contribution in [1.82, 2.24) is 14.8 Å². The maximum atomic E-state index is 12.4. The van der Waals surface area contributed by atoms with E-state index in [0.29, 0.717) is 44.1 Å². The molecule has 1 aliphatic heterocycles. The third kappa shape index (κ3) is 4.43. The number of aromatic nitrogens is 1. The lowest BCUT2D eigenvalue weighted by atomic mass is 10.0. The van der Waals surface area contributed by atoms with Crippen LogP contribution in [-0.2, 0) is 9.59 Å². The van der Waals surface area contributed by atoms with E-state index in [1.807, 2.05) is 29.2 Å². The predicted molar refractivity (Wildman–Crippen MR) is 107 cm³/mol. The number of amides is 2. The van der Waals surface area contributed by atoms with Crippen molar-refractivity contribution in [3.8, 4) is 0 Å². The first-order valence-corrected chi connectivity index (χ1v) is 10.3. The molecule has 2 aliphatic rings. The number of oxazole rings is 1. The molecule has 0 bridgehead atoms. The number of carbonyl (C=O) groups is 2. The maximum Gasteiger partial charge on any atom is 0.246 e. The molecule has 2 fully saturated rings. The van der Waals surface area contributed by atoms with Gasteiger partial charge in [0.05, 0.1) is 0 Å². The third-order valence-corrected chi connectivity index (χ3v) is 5.86. The average molecular weight is 381 g/mol. The van der Waals surface area contributed by atoms with Gasteiger partial charge in [-0.3, -0.25) is 9.59 Å². The molecule has 1 saturated heterocycles. The van der Waals surface area contributed by atoms with E-state index in [1.54, 1.807) is 11.0 Å². The zero-order chi connectivity index (χ0) is 19.3. The highest BCUT2D eigenvalue weighted by atomic mass is 16.3. The van der Waals surface area contributed by atoms with Crippen LogP contribution in [0.15, 0.2) is 34.8 Å². The third-order valence-electron chi connectivity index (χ3n) is 5.86. The fourth-order valence-electron chi connectivity index (χ4n) is 4.17. The minimum Gasteiger partial charge on any atom is -0.437 e. The Labute approximate surface area is 165 Å². The average Bonchev–Trinajstić information content (AvgIpc) is 3.39. The van der Waals surface area contributed by atoms with Gasteiger partial charge < -0.3 is 14.2 Å². The molecule has 1 aromatic carbocycles. The van der Waals surface area contributed by atoms with Crippen molar-refractivity contribution in [2.75, 3.05) is 26.2 Å². The van der Waals surface area contributed by atoms with Crippen molar-refractivity contribution >= 4 is 29.0 Å². The standard InChI is InChI=1S/C22H27N3O3/c26-21(11-9-17-5-1-2-6-17)24-13-15-25(16-14-24)22(27)12-10-20-23-18-7-3-4-8-19(18)28-20/h3-4,7-8,10,12,17H,1-2,5-6,9,11,13-16H2/b12-10+. The van der Waals surface area contributed by atoms with Gasteiger partial charge in [0.15, 0.2) is 5.58 Å². The number of para-hydroxylation sites is 2. The van der Waals surface area contributed by atoms with E-state index in [4.69, 9.17) is 4.42 Å². The van der Waals surface area contributed by atoms with Gasteiger partial charge in [-0.1, -0.05) is 37.8 Å². The van der Waals surface area contributed by atoms with E-state index >= 15 is 0 Å². The molecule has 4 rings (SSSR count). The Balaban J connectivity index is 1.24. The lowest BCUT2D eigenvalue weighted by Crippen LogP contribution is -2.50. The van der Waals surface area contributed by atoms with Crippen LogP contribution in [0.4, 0.5) is 0 Å². The Morgan fingerprint density at radius 2 is 1.79 bits per heavy atom. The zero-order valence-corrected chi connectivity index (χ0v) is 16.2. The highest BCUT2D eigenvalue weighted by Crippen LogP contribution is 2.28. The van der Waals surface area contributed by atoms with Crippen molar-refractivity contribution in [3.05, 3.63) is 36.2 Å². The molecule has 0 spiro atoms. The molecule has 0 unspecified atom stereocenters. The molecule has 1 saturated carbocycles. The molecule has 2 heterocycles. The Morgan fingerprint density at radius 3 is 2.54 bits per heavy atom. The molecule has 2 amide bonds. The summed E-state index contributed by atoms with van der Waals surface area (Å²) >= 11 is 0. The molecule has 1 aromatic heterocycles. The van der Waals surface area contributed by atoms with E-state index in [2.05, 4.69) is 4.98 Å². The summed E-state index contributed by atoms with van der Waals surface area (Å²) in [4.78, 5) is 32.9. The molecular formula is C22H27N3O3. The summed E-state index contributed by atoms with van der Waals surface area (Å²) in [6.45, 7) is 2.38. The Bertz CT molecular complexity index is 826. The van der Waals surface area contributed by atoms with Gasteiger partial charge in [0, 0.05) is 44.8 Å². The SMILES string of the molecule is O=C(/C=C/c1nc2ccccc2o1)N1CCN(C(=O)CCC2CCCC2)CC1. The molecule has 6 heteroatoms. The largest absolute Gasteiger partial charge is 0.437 e. The number of benzene rings is 1. The number of fused-ring (bicyclic) bond motifs is 1. The van der Waals surface area contributed by atoms with Crippen LogP contribution >= 0.6 is 0 Å². The van der Waals surface area contributed by atoms with Crippen LogP contribution in [0, 0.1) is 5.92 Å². The van der Waals surface area contributed by atoms with Crippen LogP contribution < -0.4 is 0 Å². The molecule has 0 radical (unpaired) electrons. The van der Waals surface area contributed by atoms with Crippen molar-refractivity contribution in [1.29, 1.82) is 0 Å². The van der Waals surface area contributed by atoms with E-state index in [9.17, 15) is 9.59 Å². The van der Waals surface area contributed by atoms with E-state index in [0.717, 1.165) is 17.9 Å². The van der Waals surface area contributed by atoms with Gasteiger partial charge in [0.25, 0.3) is 0 Å². The lowest BCUT2D eigenvalue weighted by Gasteiger charge is -2.34. The van der Waals surface area contributed by atoms with Gasteiger partial charge in [-0.15, -0.1) is 0 Å². The highest BCUT2D eigenvalue weighted by Gasteiger charge is 2.24. The monoisotopic (exact) mass is 381 g/mol. The Morgan fingerprint density at radius 1 is 1.07 bits per heavy atom. The van der Waals surface area contributed by atoms with Crippen molar-refractivity contribution in [2.45, 2.75) is 38.5 Å². The summed E-state index contributed by atoms with van der Waals surface area (Å²) in [6, 6.07) is 7.52. The number of piperazine rings is 1. The predicted octanol–water partition coefficient (Wildman–Crippen LogP) is 3.48. The van der Waals surface area contributed by atoms with Crippen LogP contribution in [0.3, 0.4) is 0 Å². The quantitative estimate of drug-likeness (QED) is 0.744. The second-order valence-electron chi connectivity index (χ2n) is 7.75. The normalized spacial score (nSPS) is 18.4. The first-order chi connectivity index (χ1) is 13.7. The van der Waals surface area contributed by atoms with E-state index < -0.39 is 0 Å². The fourth-order valence-corrected chi connectivity index (χ4v) is 4.17. The number of rotatable bonds is 5. The van der Waals surface area contributed by atoms with Gasteiger partial charge in [-0.05, 0) is 24.5 Å². The van der Waals surface area contributed by atoms with E-state index in [1.165, 1.54) is 31.8 Å². The maximum absolute atomic E-state index is 12.4. The van der Waals surface area contributed by atoms with Crippen LogP contribution in [-0.4, -0.2) is 52.8 Å². The number of carbonyl (C=O) groups excluding carboxylic acids is 2. The van der Waals surface area contributed by atoms with Gasteiger partial charge in [-0.25, -0.2) is 4.98 Å². The molecule has 0 N–H and O–H groups in total. The molecule has 2 aromatic rings. The number of hydrogen-bond donors (Lipinski definition) is 0. The number of hydrogen-bond acceptors (Lipinski definition) is 4. The summed E-state index contributed by atoms with van der Waals surface area (Å²) in [5.74, 6) is 1.33. The zero-order valence-electron chi connectivity index (χ0n) is 16.2. The van der Waals surface area contributed by atoms with Gasteiger partial charge >= 0.3 is 0 Å². The Hall–Kier alpha value is -2.63. The molecule has 28 heavy (non-hydrogen) atoms. The summed E-state index contributed by atoms with van der Waals surface area (Å²) in [5, 5.41) is 0. The topological polar surface area (TPSA) is 66.7 Å². The van der Waals surface area contributed by atoms with Gasteiger partial charge in [0.1, 0.15) is 5.52 Å². The first-order valence-electron chi connectivity index (χ1n) is 10.3. The van der Waals surface area contributed by atoms with Crippen LogP contribution in [0.25, 0.3) is 17.2 Å². The molecule has 148 valence electrons. The van der Waals surface area contributed by atoms with E-state index in [-0.39, 0.29) is 11.8 Å². The fraction of sp³-hybridized carbons (Fsp3) is 0.500. The summed E-state index contributed by atoms with van der Waals surface area (Å²) in [6.07, 6.45) is 9.97. The van der Waals surface area contributed by atoms with Crippen LogP contribution in [0.2, 0.25) is 0 Å². The second-order valence-corrected chi connectivity index (χ2v) is 7.75. The van der Waals surface area contributed by atoms with Gasteiger partial charge in [0.2, 0.25) is 17.7 Å². The summed E-state index contributed by atoms with van der Waals surface area (Å²) in [7, 11) is 0. The minimum absolute atomic E-state index is 0.0692. The molecule has 6 nitrogen and oxygen atoms in total. The minimum atomic E-state index is -0.0692. The number of nitrogens with zero attached hydrogens (tertiary/aromatic N) is 3. The van der Waals surface area contributed by atoms with Gasteiger partial charge in [-0.2, -0.15) is 0 Å². The Kier molecular flexibility index (Phi) is 5.74. The molecule has 1 aliphatic carbocycles. The van der Waals surface area contributed by atoms with Crippen LogP contribution in [0.1, 0.15) is 44.4 Å². The van der Waals surface area contributed by atoms with Crippen molar-refractivity contribution < 1.29 is 14.0 Å². The smallest absolute Gasteiger partial charge is 0.246 e. The highest BCUT2D eigenvalue weighted by molar-refractivity contribution is 5.91. The van der Waals surface area contributed by atoms with Crippen molar-refractivity contribution in [3.63, 3.8) is 0 Å². The molecular weight excluding hydrogens is 354 g/mol. The molecule has 0 atom stereocenters. The second kappa shape index (κ2) is 8.59. The summed E-state index contributed by atoms with van der Waals surface area (Å²) < 4.78 is 5.60.